The molecule has 1 rings (SSSR count). The Labute approximate surface area is 98.7 Å². The summed E-state index contributed by atoms with van der Waals surface area (Å²) in [4.78, 5) is 19.2. The van der Waals surface area contributed by atoms with Gasteiger partial charge in [-0.15, -0.1) is 0 Å². The highest BCUT2D eigenvalue weighted by molar-refractivity contribution is 5.84. The number of nitrogens with two attached hydrogens (primary N) is 1. The van der Waals surface area contributed by atoms with Crippen LogP contribution in [0.15, 0.2) is 35.3 Å². The number of aliphatic imine (C=N–C) groups is 1. The van der Waals surface area contributed by atoms with Crippen LogP contribution >= 0.6 is 0 Å². The largest absolute Gasteiger partial charge is 0.367 e. The fraction of sp³-hybridized carbons (Fsp3) is 0.182. The molecular weight excluding hydrogens is 220 g/mol. The fourth-order valence-electron chi connectivity index (χ4n) is 1.01. The summed E-state index contributed by atoms with van der Waals surface area (Å²) in [5.74, 6) is -0.798. The predicted molar refractivity (Wildman–Crippen MR) is 61.5 cm³/mol. The van der Waals surface area contributed by atoms with E-state index in [1.54, 1.807) is 6.07 Å². The Hall–Kier alpha value is -2.39. The Kier molecular flexibility index (Phi) is 5.20. The molecule has 17 heavy (non-hydrogen) atoms. The molecule has 0 saturated carbocycles. The second-order valence-corrected chi connectivity index (χ2v) is 3.10. The number of nitrogens with zero attached hydrogens (tertiary/aromatic N) is 2. The van der Waals surface area contributed by atoms with Crippen LogP contribution in [-0.2, 0) is 16.2 Å². The van der Waals surface area contributed by atoms with E-state index < -0.39 is 11.9 Å². The van der Waals surface area contributed by atoms with Crippen molar-refractivity contribution in [2.24, 2.45) is 10.7 Å². The average molecular weight is 232 g/mol. The quantitative estimate of drug-likeness (QED) is 0.314. The molecule has 1 aromatic rings. The summed E-state index contributed by atoms with van der Waals surface area (Å²) in [5, 5.41) is 8.50. The molecule has 6 nitrogen and oxygen atoms in total. The van der Waals surface area contributed by atoms with E-state index >= 15 is 0 Å². The van der Waals surface area contributed by atoms with Gasteiger partial charge in [-0.25, -0.2) is 4.99 Å². The van der Waals surface area contributed by atoms with Gasteiger partial charge in [0, 0.05) is 0 Å². The third-order valence-electron chi connectivity index (χ3n) is 1.83. The molecule has 0 saturated heterocycles. The van der Waals surface area contributed by atoms with Crippen LogP contribution in [0, 0.1) is 11.3 Å². The topological polar surface area (TPSA) is 100 Å². The molecule has 1 aromatic carbocycles. The van der Waals surface area contributed by atoms with Gasteiger partial charge in [0.1, 0.15) is 6.34 Å². The summed E-state index contributed by atoms with van der Waals surface area (Å²) in [6, 6.07) is 9.95. The van der Waals surface area contributed by atoms with Crippen LogP contribution in [-0.4, -0.2) is 18.3 Å². The van der Waals surface area contributed by atoms with Crippen molar-refractivity contribution >= 4 is 12.2 Å². The number of carbonyl (C=O) groups excluding carboxylic acids is 1. The molecule has 0 heterocycles. The van der Waals surface area contributed by atoms with Gasteiger partial charge in [0.2, 0.25) is 6.04 Å². The van der Waals surface area contributed by atoms with Crippen molar-refractivity contribution in [2.75, 3.05) is 0 Å². The minimum atomic E-state index is -1.19. The van der Waals surface area contributed by atoms with Gasteiger partial charge < -0.3 is 5.73 Å². The van der Waals surface area contributed by atoms with Gasteiger partial charge in [-0.05, 0) is 5.56 Å². The van der Waals surface area contributed by atoms with Crippen molar-refractivity contribution in [3.05, 3.63) is 35.9 Å². The molecule has 3 N–H and O–H groups in total. The third-order valence-corrected chi connectivity index (χ3v) is 1.83. The number of benzene rings is 1. The number of amides is 1. The van der Waals surface area contributed by atoms with Gasteiger partial charge in [0.25, 0.3) is 5.91 Å². The molecule has 0 aliphatic rings. The zero-order valence-corrected chi connectivity index (χ0v) is 9.04. The molecule has 0 aliphatic heterocycles. The Morgan fingerprint density at radius 2 is 2.29 bits per heavy atom. The Bertz CT molecular complexity index is 425. The highest BCUT2D eigenvalue weighted by Crippen LogP contribution is 1.98. The summed E-state index contributed by atoms with van der Waals surface area (Å²) < 4.78 is 0. The average Bonchev–Trinajstić information content (AvgIpc) is 2.34. The van der Waals surface area contributed by atoms with Crippen LogP contribution in [0.1, 0.15) is 5.56 Å². The molecule has 88 valence electrons. The third kappa shape index (κ3) is 4.77. The molecule has 0 aromatic heterocycles. The first kappa shape index (κ1) is 12.7. The van der Waals surface area contributed by atoms with E-state index in [0.717, 1.165) is 11.9 Å². The van der Waals surface area contributed by atoms with Crippen LogP contribution in [0.3, 0.4) is 0 Å². The first-order chi connectivity index (χ1) is 8.24. The van der Waals surface area contributed by atoms with E-state index in [4.69, 9.17) is 15.8 Å². The SMILES string of the molecule is N#CC(N=CNOCc1ccccc1)C(N)=O. The van der Waals surface area contributed by atoms with Crippen LogP contribution in [0.4, 0.5) is 0 Å². The Morgan fingerprint density at radius 3 is 2.88 bits per heavy atom. The van der Waals surface area contributed by atoms with Crippen molar-refractivity contribution in [3.63, 3.8) is 0 Å². The van der Waals surface area contributed by atoms with Gasteiger partial charge in [0.15, 0.2) is 0 Å². The molecule has 0 spiro atoms. The molecule has 1 unspecified atom stereocenters. The number of hydrogen-bond acceptors (Lipinski definition) is 4. The van der Waals surface area contributed by atoms with Gasteiger partial charge in [-0.1, -0.05) is 30.3 Å². The first-order valence-electron chi connectivity index (χ1n) is 4.86. The van der Waals surface area contributed by atoms with E-state index in [0.29, 0.717) is 6.61 Å². The molecule has 6 heteroatoms. The van der Waals surface area contributed by atoms with Gasteiger partial charge in [-0.3, -0.25) is 15.1 Å². The Balaban J connectivity index is 2.27. The summed E-state index contributed by atoms with van der Waals surface area (Å²) in [6.45, 7) is 0.348. The summed E-state index contributed by atoms with van der Waals surface area (Å²) in [5.41, 5.74) is 8.30. The van der Waals surface area contributed by atoms with Crippen LogP contribution in [0.5, 0.6) is 0 Å². The maximum absolute atomic E-state index is 10.6. The van der Waals surface area contributed by atoms with Gasteiger partial charge in [-0.2, -0.15) is 5.26 Å². The van der Waals surface area contributed by atoms with Crippen LogP contribution < -0.4 is 11.2 Å². The maximum atomic E-state index is 10.6. The minimum absolute atomic E-state index is 0.348. The second kappa shape index (κ2) is 6.98. The lowest BCUT2D eigenvalue weighted by molar-refractivity contribution is -0.118. The lowest BCUT2D eigenvalue weighted by Crippen LogP contribution is -2.26. The number of nitriles is 1. The van der Waals surface area contributed by atoms with Gasteiger partial charge >= 0.3 is 0 Å². The molecule has 1 amide bonds. The lowest BCUT2D eigenvalue weighted by Gasteiger charge is -2.02. The molecule has 0 aliphatic carbocycles. The molecular formula is C11H12N4O2. The molecule has 0 bridgehead atoms. The highest BCUT2D eigenvalue weighted by atomic mass is 16.6. The van der Waals surface area contributed by atoms with Crippen LogP contribution in [0.2, 0.25) is 0 Å². The number of nitrogens with one attached hydrogen (secondary N) is 1. The van der Waals surface area contributed by atoms with E-state index in [1.807, 2.05) is 30.3 Å². The molecule has 0 radical (unpaired) electrons. The lowest BCUT2D eigenvalue weighted by atomic mass is 10.2. The predicted octanol–water partition coefficient (Wildman–Crippen LogP) is 0.114. The maximum Gasteiger partial charge on any atom is 0.256 e. The summed E-state index contributed by atoms with van der Waals surface area (Å²) >= 11 is 0. The van der Waals surface area contributed by atoms with Crippen molar-refractivity contribution in [2.45, 2.75) is 12.6 Å². The zero-order valence-electron chi connectivity index (χ0n) is 9.04. The fourth-order valence-corrected chi connectivity index (χ4v) is 1.01. The van der Waals surface area contributed by atoms with Crippen LogP contribution in [0.25, 0.3) is 0 Å². The summed E-state index contributed by atoms with van der Waals surface area (Å²) in [7, 11) is 0. The number of carbonyl (C=O) groups is 1. The number of rotatable bonds is 6. The molecule has 0 fully saturated rings. The van der Waals surface area contributed by atoms with E-state index in [1.165, 1.54) is 0 Å². The molecule has 1 atom stereocenters. The summed E-state index contributed by atoms with van der Waals surface area (Å²) in [6.07, 6.45) is 1.13. The normalized spacial score (nSPS) is 11.9. The standard InChI is InChI=1S/C11H12N4O2/c12-6-10(11(13)16)14-8-15-17-7-9-4-2-1-3-5-9/h1-5,8,10H,7H2,(H2,13,16)(H,14,15). The van der Waals surface area contributed by atoms with E-state index in [9.17, 15) is 4.79 Å². The number of hydrogen-bond donors (Lipinski definition) is 2. The smallest absolute Gasteiger partial charge is 0.256 e. The van der Waals surface area contributed by atoms with E-state index in [-0.39, 0.29) is 0 Å². The number of hydroxylamine groups is 1. The van der Waals surface area contributed by atoms with Gasteiger partial charge in [0.05, 0.1) is 12.7 Å². The Morgan fingerprint density at radius 1 is 1.59 bits per heavy atom. The van der Waals surface area contributed by atoms with E-state index in [2.05, 4.69) is 10.5 Å². The minimum Gasteiger partial charge on any atom is -0.367 e. The monoisotopic (exact) mass is 232 g/mol. The number of primary amides is 1. The highest BCUT2D eigenvalue weighted by Gasteiger charge is 2.09. The zero-order chi connectivity index (χ0) is 12.5. The van der Waals surface area contributed by atoms with Crippen molar-refractivity contribution in [1.82, 2.24) is 5.48 Å². The first-order valence-corrected chi connectivity index (χ1v) is 4.86. The van der Waals surface area contributed by atoms with Crippen molar-refractivity contribution < 1.29 is 9.63 Å². The second-order valence-electron chi connectivity index (χ2n) is 3.10. The van der Waals surface area contributed by atoms with Crippen molar-refractivity contribution in [3.8, 4) is 6.07 Å². The van der Waals surface area contributed by atoms with Crippen molar-refractivity contribution in [1.29, 1.82) is 5.26 Å².